The van der Waals surface area contributed by atoms with Crippen LogP contribution < -0.4 is 21.9 Å². The Labute approximate surface area is 106 Å². The number of nitrogens with two attached hydrogens (primary N) is 3. The summed E-state index contributed by atoms with van der Waals surface area (Å²) in [4.78, 5) is 7.03. The van der Waals surface area contributed by atoms with E-state index in [1.54, 1.807) is 0 Å². The fourth-order valence-corrected chi connectivity index (χ4v) is 1.28. The molecule has 9 heteroatoms. The molecule has 0 radical (unpaired) electrons. The maximum Gasteiger partial charge on any atom is 0.420 e. The van der Waals surface area contributed by atoms with Crippen LogP contribution in [-0.4, -0.2) is 19.0 Å². The minimum atomic E-state index is -4.57. The molecule has 1 rings (SSSR count). The van der Waals surface area contributed by atoms with Gasteiger partial charge in [-0.1, -0.05) is 0 Å². The number of rotatable bonds is 2. The third-order valence-electron chi connectivity index (χ3n) is 1.98. The van der Waals surface area contributed by atoms with Gasteiger partial charge in [-0.15, -0.1) is 0 Å². The smallest absolute Gasteiger partial charge is 0.420 e. The predicted octanol–water partition coefficient (Wildman–Crippen LogP) is 0.934. The number of aliphatic imine (C=N–C) groups is 2. The minimum Gasteiger partial charge on any atom is -0.496 e. The number of alkyl halides is 3. The second kappa shape index (κ2) is 5.46. The molecule has 0 heterocycles. The molecule has 19 heavy (non-hydrogen) atoms. The molecule has 1 aromatic carbocycles. The van der Waals surface area contributed by atoms with Crippen LogP contribution in [0, 0.1) is 0 Å². The second-order valence-electron chi connectivity index (χ2n) is 3.39. The summed E-state index contributed by atoms with van der Waals surface area (Å²) in [6, 6.07) is 3.21. The Balaban J connectivity index is 3.23. The highest BCUT2D eigenvalue weighted by Gasteiger charge is 2.34. The van der Waals surface area contributed by atoms with Crippen LogP contribution in [0.4, 0.5) is 18.9 Å². The lowest BCUT2D eigenvalue weighted by Gasteiger charge is -2.12. The SMILES string of the molecule is COc1ccc(N=C(N)N=C(N)N)cc1C(F)(F)F. The second-order valence-corrected chi connectivity index (χ2v) is 3.39. The molecule has 0 fully saturated rings. The van der Waals surface area contributed by atoms with E-state index in [-0.39, 0.29) is 23.4 Å². The van der Waals surface area contributed by atoms with E-state index in [1.165, 1.54) is 6.07 Å². The van der Waals surface area contributed by atoms with Crippen molar-refractivity contribution in [2.75, 3.05) is 7.11 Å². The Morgan fingerprint density at radius 3 is 2.32 bits per heavy atom. The third-order valence-corrected chi connectivity index (χ3v) is 1.98. The molecule has 6 N–H and O–H groups in total. The lowest BCUT2D eigenvalue weighted by atomic mass is 10.1. The number of halogens is 3. The molecule has 0 atom stereocenters. The normalized spacial score (nSPS) is 12.1. The van der Waals surface area contributed by atoms with Gasteiger partial charge in [-0.25, -0.2) is 4.99 Å². The van der Waals surface area contributed by atoms with Crippen molar-refractivity contribution >= 4 is 17.6 Å². The van der Waals surface area contributed by atoms with Crippen molar-refractivity contribution in [1.82, 2.24) is 0 Å². The van der Waals surface area contributed by atoms with E-state index in [0.717, 1.165) is 19.2 Å². The highest BCUT2D eigenvalue weighted by molar-refractivity contribution is 5.93. The number of hydrogen-bond donors (Lipinski definition) is 3. The van der Waals surface area contributed by atoms with Crippen molar-refractivity contribution in [1.29, 1.82) is 0 Å². The molecule has 0 amide bonds. The van der Waals surface area contributed by atoms with Crippen molar-refractivity contribution in [2.24, 2.45) is 27.2 Å². The van der Waals surface area contributed by atoms with E-state index in [0.29, 0.717) is 0 Å². The van der Waals surface area contributed by atoms with Crippen LogP contribution in [0.15, 0.2) is 28.2 Å². The Hall–Kier alpha value is -2.45. The summed E-state index contributed by atoms with van der Waals surface area (Å²) in [6.45, 7) is 0. The van der Waals surface area contributed by atoms with Gasteiger partial charge in [-0.3, -0.25) is 0 Å². The lowest BCUT2D eigenvalue weighted by molar-refractivity contribution is -0.138. The van der Waals surface area contributed by atoms with Gasteiger partial charge in [-0.2, -0.15) is 18.2 Å². The molecule has 0 spiro atoms. The van der Waals surface area contributed by atoms with Gasteiger partial charge in [0.2, 0.25) is 5.96 Å². The average Bonchev–Trinajstić information content (AvgIpc) is 2.26. The van der Waals surface area contributed by atoms with Crippen molar-refractivity contribution < 1.29 is 17.9 Å². The number of benzene rings is 1. The monoisotopic (exact) mass is 275 g/mol. The highest BCUT2D eigenvalue weighted by atomic mass is 19.4. The number of ether oxygens (including phenoxy) is 1. The van der Waals surface area contributed by atoms with Gasteiger partial charge in [0.15, 0.2) is 5.96 Å². The van der Waals surface area contributed by atoms with E-state index >= 15 is 0 Å². The van der Waals surface area contributed by atoms with Crippen molar-refractivity contribution in [3.8, 4) is 5.75 Å². The summed E-state index contributed by atoms with van der Waals surface area (Å²) >= 11 is 0. The van der Waals surface area contributed by atoms with Crippen LogP contribution >= 0.6 is 0 Å². The zero-order valence-electron chi connectivity index (χ0n) is 9.90. The molecule has 1 aromatic rings. The fourth-order valence-electron chi connectivity index (χ4n) is 1.28. The fraction of sp³-hybridized carbons (Fsp3) is 0.200. The van der Waals surface area contributed by atoms with Crippen molar-refractivity contribution in [3.05, 3.63) is 23.8 Å². The van der Waals surface area contributed by atoms with Gasteiger partial charge < -0.3 is 21.9 Å². The van der Waals surface area contributed by atoms with E-state index in [1.807, 2.05) is 0 Å². The Kier molecular flexibility index (Phi) is 4.20. The summed E-state index contributed by atoms with van der Waals surface area (Å²) in [5.41, 5.74) is 14.4. The first kappa shape index (κ1) is 14.6. The highest BCUT2D eigenvalue weighted by Crippen LogP contribution is 2.38. The van der Waals surface area contributed by atoms with Crippen LogP contribution in [0.5, 0.6) is 5.75 Å². The van der Waals surface area contributed by atoms with Crippen LogP contribution in [0.3, 0.4) is 0 Å². The zero-order chi connectivity index (χ0) is 14.6. The number of methoxy groups -OCH3 is 1. The molecule has 0 unspecified atom stereocenters. The zero-order valence-corrected chi connectivity index (χ0v) is 9.90. The third kappa shape index (κ3) is 4.05. The maximum atomic E-state index is 12.7. The number of guanidine groups is 2. The standard InChI is InChI=1S/C10H12F3N5O/c1-19-7-3-2-5(4-6(7)10(11,12)13)17-9(16)18-8(14)15/h2-4H,1H3,(H6,14,15,16,17,18). The molecule has 0 aliphatic carbocycles. The molecule has 0 aliphatic heterocycles. The van der Waals surface area contributed by atoms with Gasteiger partial charge >= 0.3 is 6.18 Å². The van der Waals surface area contributed by atoms with E-state index in [2.05, 4.69) is 14.7 Å². The van der Waals surface area contributed by atoms with Crippen molar-refractivity contribution in [3.63, 3.8) is 0 Å². The Bertz CT molecular complexity index is 520. The first-order valence-corrected chi connectivity index (χ1v) is 4.93. The van der Waals surface area contributed by atoms with Crippen LogP contribution in [-0.2, 0) is 6.18 Å². The van der Waals surface area contributed by atoms with E-state index < -0.39 is 11.7 Å². The Morgan fingerprint density at radius 1 is 1.21 bits per heavy atom. The summed E-state index contributed by atoms with van der Waals surface area (Å²) in [6.07, 6.45) is -4.57. The van der Waals surface area contributed by atoms with Crippen LogP contribution in [0.25, 0.3) is 0 Å². The number of nitrogens with zero attached hydrogens (tertiary/aromatic N) is 2. The lowest BCUT2D eigenvalue weighted by Crippen LogP contribution is -2.26. The van der Waals surface area contributed by atoms with Crippen LogP contribution in [0.2, 0.25) is 0 Å². The molecule has 0 aromatic heterocycles. The summed E-state index contributed by atoms with van der Waals surface area (Å²) in [5.74, 6) is -1.00. The molecule has 0 aliphatic rings. The number of hydrogen-bond acceptors (Lipinski definition) is 2. The molecule has 0 saturated heterocycles. The van der Waals surface area contributed by atoms with Gasteiger partial charge in [0.05, 0.1) is 18.4 Å². The largest absolute Gasteiger partial charge is 0.496 e. The first-order chi connectivity index (χ1) is 8.74. The topological polar surface area (TPSA) is 112 Å². The van der Waals surface area contributed by atoms with Gasteiger partial charge in [0.25, 0.3) is 0 Å². The molecule has 0 saturated carbocycles. The van der Waals surface area contributed by atoms with Gasteiger partial charge in [-0.05, 0) is 18.2 Å². The molecule has 104 valence electrons. The van der Waals surface area contributed by atoms with Crippen LogP contribution in [0.1, 0.15) is 5.56 Å². The van der Waals surface area contributed by atoms with Gasteiger partial charge in [0, 0.05) is 0 Å². The van der Waals surface area contributed by atoms with E-state index in [4.69, 9.17) is 17.2 Å². The predicted molar refractivity (Wildman–Crippen MR) is 65.1 cm³/mol. The van der Waals surface area contributed by atoms with Crippen molar-refractivity contribution in [2.45, 2.75) is 6.18 Å². The molecule has 0 bridgehead atoms. The average molecular weight is 275 g/mol. The summed E-state index contributed by atoms with van der Waals surface area (Å²) < 4.78 is 42.8. The molecular formula is C10H12F3N5O. The van der Waals surface area contributed by atoms with E-state index in [9.17, 15) is 13.2 Å². The maximum absolute atomic E-state index is 12.7. The quantitative estimate of drug-likeness (QED) is 0.550. The Morgan fingerprint density at radius 2 is 1.84 bits per heavy atom. The molecular weight excluding hydrogens is 263 g/mol. The first-order valence-electron chi connectivity index (χ1n) is 4.93. The summed E-state index contributed by atoms with van der Waals surface area (Å²) in [5, 5.41) is 0. The van der Waals surface area contributed by atoms with Gasteiger partial charge in [0.1, 0.15) is 5.75 Å². The molecule has 6 nitrogen and oxygen atoms in total. The minimum absolute atomic E-state index is 0.0457. The summed E-state index contributed by atoms with van der Waals surface area (Å²) in [7, 11) is 1.14.